The Morgan fingerprint density at radius 1 is 1.29 bits per heavy atom. The van der Waals surface area contributed by atoms with E-state index < -0.39 is 0 Å². The van der Waals surface area contributed by atoms with Crippen LogP contribution in [0.3, 0.4) is 0 Å². The molecule has 0 amide bonds. The zero-order valence-electron chi connectivity index (χ0n) is 8.11. The second kappa shape index (κ2) is 4.26. The lowest BCUT2D eigenvalue weighted by molar-refractivity contribution is 0.388. The molecule has 1 aliphatic heterocycles. The number of hydrogen-bond donors (Lipinski definition) is 1. The molecule has 0 aliphatic carbocycles. The van der Waals surface area contributed by atoms with Crippen LogP contribution in [0.25, 0.3) is 0 Å². The summed E-state index contributed by atoms with van der Waals surface area (Å²) in [5, 5.41) is 12.3. The lowest BCUT2D eigenvalue weighted by atomic mass is 9.82. The second-order valence-corrected chi connectivity index (χ2v) is 3.75. The molecule has 1 fully saturated rings. The summed E-state index contributed by atoms with van der Waals surface area (Å²) in [6, 6.07) is 12.8. The molecule has 1 heterocycles. The van der Waals surface area contributed by atoms with Crippen LogP contribution in [-0.2, 0) is 0 Å². The van der Waals surface area contributed by atoms with Crippen LogP contribution >= 0.6 is 0 Å². The van der Waals surface area contributed by atoms with Gasteiger partial charge in [0.05, 0.1) is 12.0 Å². The number of benzene rings is 1. The molecular weight excluding hydrogens is 172 g/mol. The maximum absolute atomic E-state index is 9.03. The molecule has 1 unspecified atom stereocenters. The highest BCUT2D eigenvalue weighted by atomic mass is 14.9. The quantitative estimate of drug-likeness (QED) is 0.727. The van der Waals surface area contributed by atoms with Gasteiger partial charge in [0.25, 0.3) is 0 Å². The average Bonchev–Trinajstić information content (AvgIpc) is 2.30. The fourth-order valence-electron chi connectivity index (χ4n) is 2.09. The lowest BCUT2D eigenvalue weighted by Gasteiger charge is -2.27. The van der Waals surface area contributed by atoms with Gasteiger partial charge < -0.3 is 5.32 Å². The molecule has 2 heteroatoms. The second-order valence-electron chi connectivity index (χ2n) is 3.75. The first-order valence-electron chi connectivity index (χ1n) is 5.07. The van der Waals surface area contributed by atoms with Crippen molar-refractivity contribution < 1.29 is 0 Å². The molecule has 0 radical (unpaired) electrons. The van der Waals surface area contributed by atoms with Gasteiger partial charge in [-0.15, -0.1) is 0 Å². The minimum atomic E-state index is 0.131. The Balaban J connectivity index is 2.20. The molecule has 1 aliphatic rings. The standard InChI is InChI=1S/C12H14N2/c13-8-11-9-14-7-6-12(11)10-4-2-1-3-5-10/h1-5,11-12,14H,6-7,9H2/t11-,12?/m0/s1. The molecule has 1 saturated heterocycles. The van der Waals surface area contributed by atoms with Gasteiger partial charge in [0.15, 0.2) is 0 Å². The van der Waals surface area contributed by atoms with Crippen molar-refractivity contribution in [3.05, 3.63) is 35.9 Å². The number of piperidine rings is 1. The van der Waals surface area contributed by atoms with Gasteiger partial charge in [-0.05, 0) is 18.5 Å². The van der Waals surface area contributed by atoms with E-state index in [9.17, 15) is 0 Å². The average molecular weight is 186 g/mol. The molecule has 1 aromatic rings. The molecule has 1 N–H and O–H groups in total. The Bertz CT molecular complexity index is 326. The van der Waals surface area contributed by atoms with Crippen molar-refractivity contribution in [3.8, 4) is 6.07 Å². The van der Waals surface area contributed by atoms with Gasteiger partial charge >= 0.3 is 0 Å². The lowest BCUT2D eigenvalue weighted by Crippen LogP contribution is -2.34. The first-order valence-corrected chi connectivity index (χ1v) is 5.07. The number of rotatable bonds is 1. The van der Waals surface area contributed by atoms with Crippen LogP contribution in [0.2, 0.25) is 0 Å². The summed E-state index contributed by atoms with van der Waals surface area (Å²) in [4.78, 5) is 0. The highest BCUT2D eigenvalue weighted by Gasteiger charge is 2.25. The SMILES string of the molecule is N#C[C@H]1CNCCC1c1ccccc1. The zero-order chi connectivity index (χ0) is 9.80. The molecule has 0 bridgehead atoms. The number of nitrogens with one attached hydrogen (secondary N) is 1. The highest BCUT2D eigenvalue weighted by Crippen LogP contribution is 2.29. The minimum absolute atomic E-state index is 0.131. The monoisotopic (exact) mass is 186 g/mol. The van der Waals surface area contributed by atoms with E-state index in [1.165, 1.54) is 5.56 Å². The molecule has 1 aromatic carbocycles. The summed E-state index contributed by atoms with van der Waals surface area (Å²) in [7, 11) is 0. The predicted molar refractivity (Wildman–Crippen MR) is 55.8 cm³/mol. The van der Waals surface area contributed by atoms with Crippen molar-refractivity contribution in [2.45, 2.75) is 12.3 Å². The number of nitrogens with zero attached hydrogens (tertiary/aromatic N) is 1. The smallest absolute Gasteiger partial charge is 0.0675 e. The zero-order valence-corrected chi connectivity index (χ0v) is 8.11. The third-order valence-electron chi connectivity index (χ3n) is 2.88. The Labute approximate surface area is 84.6 Å². The maximum atomic E-state index is 9.03. The Morgan fingerprint density at radius 2 is 2.07 bits per heavy atom. The van der Waals surface area contributed by atoms with Crippen LogP contribution in [0.5, 0.6) is 0 Å². The molecule has 0 saturated carbocycles. The van der Waals surface area contributed by atoms with Gasteiger partial charge in [0, 0.05) is 12.5 Å². The van der Waals surface area contributed by atoms with E-state index >= 15 is 0 Å². The van der Waals surface area contributed by atoms with E-state index in [0.717, 1.165) is 19.5 Å². The van der Waals surface area contributed by atoms with Crippen LogP contribution in [0.1, 0.15) is 17.9 Å². The largest absolute Gasteiger partial charge is 0.315 e. The number of nitriles is 1. The van der Waals surface area contributed by atoms with Crippen molar-refractivity contribution in [3.63, 3.8) is 0 Å². The van der Waals surface area contributed by atoms with Gasteiger partial charge in [0.1, 0.15) is 0 Å². The first-order chi connectivity index (χ1) is 6.92. The fraction of sp³-hybridized carbons (Fsp3) is 0.417. The summed E-state index contributed by atoms with van der Waals surface area (Å²) in [5.41, 5.74) is 1.31. The van der Waals surface area contributed by atoms with Crippen LogP contribution in [0.15, 0.2) is 30.3 Å². The first kappa shape index (κ1) is 9.23. The van der Waals surface area contributed by atoms with Gasteiger partial charge in [0.2, 0.25) is 0 Å². The molecule has 14 heavy (non-hydrogen) atoms. The van der Waals surface area contributed by atoms with E-state index in [1.807, 2.05) is 18.2 Å². The van der Waals surface area contributed by atoms with E-state index in [2.05, 4.69) is 23.5 Å². The molecular formula is C12H14N2. The Hall–Kier alpha value is -1.33. The van der Waals surface area contributed by atoms with Gasteiger partial charge in [-0.2, -0.15) is 5.26 Å². The Kier molecular flexibility index (Phi) is 2.81. The van der Waals surface area contributed by atoms with Crippen LogP contribution in [0.4, 0.5) is 0 Å². The molecule has 2 rings (SSSR count). The van der Waals surface area contributed by atoms with Crippen molar-refractivity contribution in [2.75, 3.05) is 13.1 Å². The molecule has 72 valence electrons. The van der Waals surface area contributed by atoms with Crippen LogP contribution < -0.4 is 5.32 Å². The van der Waals surface area contributed by atoms with Crippen LogP contribution in [-0.4, -0.2) is 13.1 Å². The summed E-state index contributed by atoms with van der Waals surface area (Å²) in [6.07, 6.45) is 1.07. The summed E-state index contributed by atoms with van der Waals surface area (Å²) in [5.74, 6) is 0.550. The third-order valence-corrected chi connectivity index (χ3v) is 2.88. The van der Waals surface area contributed by atoms with E-state index in [1.54, 1.807) is 0 Å². The van der Waals surface area contributed by atoms with Gasteiger partial charge in [-0.3, -0.25) is 0 Å². The molecule has 2 atom stereocenters. The summed E-state index contributed by atoms with van der Waals surface area (Å²) in [6.45, 7) is 1.85. The molecule has 2 nitrogen and oxygen atoms in total. The molecule has 0 spiro atoms. The van der Waals surface area contributed by atoms with Crippen molar-refractivity contribution in [1.82, 2.24) is 5.32 Å². The highest BCUT2D eigenvalue weighted by molar-refractivity contribution is 5.23. The van der Waals surface area contributed by atoms with Gasteiger partial charge in [-0.1, -0.05) is 30.3 Å². The third kappa shape index (κ3) is 1.78. The fourth-order valence-corrected chi connectivity index (χ4v) is 2.09. The van der Waals surface area contributed by atoms with E-state index in [-0.39, 0.29) is 5.92 Å². The molecule has 0 aromatic heterocycles. The predicted octanol–water partition coefficient (Wildman–Crippen LogP) is 1.90. The van der Waals surface area contributed by atoms with E-state index in [4.69, 9.17) is 5.26 Å². The normalized spacial score (nSPS) is 26.8. The van der Waals surface area contributed by atoms with Crippen molar-refractivity contribution >= 4 is 0 Å². The van der Waals surface area contributed by atoms with Crippen LogP contribution in [0, 0.1) is 17.2 Å². The minimum Gasteiger partial charge on any atom is -0.315 e. The van der Waals surface area contributed by atoms with Gasteiger partial charge in [-0.25, -0.2) is 0 Å². The topological polar surface area (TPSA) is 35.8 Å². The Morgan fingerprint density at radius 3 is 2.79 bits per heavy atom. The number of hydrogen-bond acceptors (Lipinski definition) is 2. The van der Waals surface area contributed by atoms with Crippen molar-refractivity contribution in [2.24, 2.45) is 5.92 Å². The van der Waals surface area contributed by atoms with Crippen molar-refractivity contribution in [1.29, 1.82) is 5.26 Å². The summed E-state index contributed by atoms with van der Waals surface area (Å²) >= 11 is 0. The maximum Gasteiger partial charge on any atom is 0.0675 e. The van der Waals surface area contributed by atoms with E-state index in [0.29, 0.717) is 5.92 Å². The summed E-state index contributed by atoms with van der Waals surface area (Å²) < 4.78 is 0.